The van der Waals surface area contributed by atoms with Gasteiger partial charge in [-0.1, -0.05) is 25.3 Å². The van der Waals surface area contributed by atoms with Crippen LogP contribution in [0.2, 0.25) is 0 Å². The lowest BCUT2D eigenvalue weighted by molar-refractivity contribution is -0.151. The predicted octanol–water partition coefficient (Wildman–Crippen LogP) is 1.46. The van der Waals surface area contributed by atoms with Crippen molar-refractivity contribution in [1.29, 1.82) is 0 Å². The number of aromatic hydroxyl groups is 2. The minimum absolute atomic E-state index is 0.141. The molecule has 0 heterocycles. The zero-order chi connectivity index (χ0) is 33.0. The van der Waals surface area contributed by atoms with Crippen LogP contribution in [-0.4, -0.2) is 88.7 Å². The van der Waals surface area contributed by atoms with Gasteiger partial charge in [-0.05, 0) is 49.2 Å². The molecule has 0 aliphatic rings. The number of esters is 4. The van der Waals surface area contributed by atoms with Crippen molar-refractivity contribution < 1.29 is 63.3 Å². The molecule has 0 aliphatic heterocycles. The van der Waals surface area contributed by atoms with E-state index < -0.39 is 79.8 Å². The molecule has 0 amide bonds. The first-order valence-electron chi connectivity index (χ1n) is 13.2. The molecule has 0 saturated heterocycles. The lowest BCUT2D eigenvalue weighted by Crippen LogP contribution is -2.26. The number of ether oxygens (including phenoxy) is 4. The summed E-state index contributed by atoms with van der Waals surface area (Å²) in [4.78, 5) is 60.5. The number of benzene rings is 2. The summed E-state index contributed by atoms with van der Waals surface area (Å²) in [6.45, 7) is 7.94. The molecule has 0 spiro atoms. The molecule has 2 aromatic carbocycles. The summed E-state index contributed by atoms with van der Waals surface area (Å²) >= 11 is 0. The van der Waals surface area contributed by atoms with Gasteiger partial charge in [0.25, 0.3) is 0 Å². The fourth-order valence-electron chi connectivity index (χ4n) is 3.40. The first-order valence-corrected chi connectivity index (χ1v) is 13.2. The summed E-state index contributed by atoms with van der Waals surface area (Å²) in [5, 5.41) is 40.3. The molecule has 2 aromatic rings. The molecule has 0 aliphatic carbocycles. The number of carbonyl (C=O) groups excluding carboxylic acids is 5. The molecule has 4 N–H and O–H groups in total. The van der Waals surface area contributed by atoms with E-state index in [2.05, 4.69) is 13.2 Å². The first-order chi connectivity index (χ1) is 20.7. The fourth-order valence-corrected chi connectivity index (χ4v) is 3.40. The average Bonchev–Trinajstić information content (AvgIpc) is 2.97. The van der Waals surface area contributed by atoms with Gasteiger partial charge >= 0.3 is 23.9 Å². The Morgan fingerprint density at radius 1 is 0.636 bits per heavy atom. The number of phenolic OH excluding ortho intramolecular Hbond substituents is 2. The van der Waals surface area contributed by atoms with Gasteiger partial charge in [0, 0.05) is 11.1 Å². The third-order valence-corrected chi connectivity index (χ3v) is 5.69. The summed E-state index contributed by atoms with van der Waals surface area (Å²) in [5.74, 6) is -4.65. The van der Waals surface area contributed by atoms with Crippen molar-refractivity contribution in [2.45, 2.75) is 38.9 Å². The number of carbonyl (C=O) groups is 5. The summed E-state index contributed by atoms with van der Waals surface area (Å²) < 4.78 is 19.5. The van der Waals surface area contributed by atoms with Gasteiger partial charge in [-0.2, -0.15) is 0 Å². The lowest BCUT2D eigenvalue weighted by Gasteiger charge is -2.13. The fraction of sp³-hybridized carbons (Fsp3) is 0.323. The monoisotopic (exact) mass is 614 g/mol. The Bertz CT molecular complexity index is 1320. The van der Waals surface area contributed by atoms with Crippen LogP contribution in [0.25, 0.3) is 0 Å². The van der Waals surface area contributed by atoms with Crippen LogP contribution in [0.3, 0.4) is 0 Å². The van der Waals surface area contributed by atoms with Crippen molar-refractivity contribution in [2.75, 3.05) is 26.4 Å². The summed E-state index contributed by atoms with van der Waals surface area (Å²) in [6.07, 6.45) is -3.23. The first kappa shape index (κ1) is 35.2. The Hall–Kier alpha value is -5.01. The van der Waals surface area contributed by atoms with Crippen LogP contribution < -0.4 is 0 Å². The zero-order valence-electron chi connectivity index (χ0n) is 24.2. The summed E-state index contributed by atoms with van der Waals surface area (Å²) in [5.41, 5.74) is 0.330. The maximum Gasteiger partial charge on any atom is 0.333 e. The van der Waals surface area contributed by atoms with Crippen molar-refractivity contribution in [3.05, 3.63) is 83.0 Å². The second kappa shape index (κ2) is 16.6. The van der Waals surface area contributed by atoms with Crippen LogP contribution in [-0.2, 0) is 51.0 Å². The molecule has 236 valence electrons. The molecule has 2 atom stereocenters. The number of hydrogen-bond donors (Lipinski definition) is 4. The highest BCUT2D eigenvalue weighted by Gasteiger charge is 2.21. The molecular weight excluding hydrogens is 580 g/mol. The highest BCUT2D eigenvalue weighted by atomic mass is 16.6. The standard InChI is InChI=1S/C31H34O13/c1-17(2)30(39)43-15-21(32)13-41-27(36)11-19-5-7-25(34)23(9-19)29(38)24-10-20(6-8-26(24)35)12-28(37)42-14-22(33)16-44-31(40)18(3)4/h5-10,21-22,32-35H,1,3,11-16H2,2,4H3. The Labute approximate surface area is 252 Å². The van der Waals surface area contributed by atoms with E-state index in [1.54, 1.807) is 0 Å². The molecule has 0 bridgehead atoms. The van der Waals surface area contributed by atoms with E-state index in [1.807, 2.05) is 0 Å². The molecule has 2 rings (SSSR count). The molecule has 44 heavy (non-hydrogen) atoms. The van der Waals surface area contributed by atoms with E-state index in [0.29, 0.717) is 0 Å². The Morgan fingerprint density at radius 2 is 0.977 bits per heavy atom. The normalized spacial score (nSPS) is 11.9. The van der Waals surface area contributed by atoms with Crippen molar-refractivity contribution >= 4 is 29.7 Å². The molecule has 2 unspecified atom stereocenters. The number of aliphatic hydroxyl groups is 2. The average molecular weight is 615 g/mol. The van der Waals surface area contributed by atoms with Gasteiger partial charge in [-0.15, -0.1) is 0 Å². The van der Waals surface area contributed by atoms with E-state index in [0.717, 1.165) is 0 Å². The van der Waals surface area contributed by atoms with Crippen LogP contribution in [0.1, 0.15) is 40.9 Å². The maximum absolute atomic E-state index is 13.2. The van der Waals surface area contributed by atoms with Crippen molar-refractivity contribution in [3.63, 3.8) is 0 Å². The largest absolute Gasteiger partial charge is 0.507 e. The summed E-state index contributed by atoms with van der Waals surface area (Å²) in [7, 11) is 0. The Balaban J connectivity index is 2.01. The maximum atomic E-state index is 13.2. The number of rotatable bonds is 16. The van der Waals surface area contributed by atoms with Gasteiger partial charge < -0.3 is 39.4 Å². The Kier molecular flexibility index (Phi) is 13.3. The highest BCUT2D eigenvalue weighted by Crippen LogP contribution is 2.27. The van der Waals surface area contributed by atoms with Gasteiger partial charge in [0.05, 0.1) is 24.0 Å². The second-order valence-electron chi connectivity index (χ2n) is 9.82. The third kappa shape index (κ3) is 11.3. The van der Waals surface area contributed by atoms with Crippen LogP contribution in [0.5, 0.6) is 11.5 Å². The highest BCUT2D eigenvalue weighted by molar-refractivity contribution is 6.12. The molecule has 0 saturated carbocycles. The summed E-state index contributed by atoms with van der Waals surface area (Å²) in [6, 6.07) is 7.56. The van der Waals surface area contributed by atoms with Gasteiger partial charge in [0.2, 0.25) is 0 Å². The SMILES string of the molecule is C=C(C)C(=O)OCC(O)COC(=O)Cc1ccc(O)c(C(=O)c2cc(CC(=O)OCC(O)COC(=O)C(=C)C)ccc2O)c1. The van der Waals surface area contributed by atoms with E-state index in [-0.39, 0.29) is 46.2 Å². The van der Waals surface area contributed by atoms with Gasteiger partial charge in [-0.3, -0.25) is 14.4 Å². The smallest absolute Gasteiger partial charge is 0.333 e. The topological polar surface area (TPSA) is 203 Å². The Morgan fingerprint density at radius 3 is 1.32 bits per heavy atom. The van der Waals surface area contributed by atoms with Crippen LogP contribution in [0.15, 0.2) is 60.7 Å². The van der Waals surface area contributed by atoms with Crippen molar-refractivity contribution in [3.8, 4) is 11.5 Å². The molecule has 13 heteroatoms. The molecule has 0 aromatic heterocycles. The third-order valence-electron chi connectivity index (χ3n) is 5.69. The van der Waals surface area contributed by atoms with Gasteiger partial charge in [0.1, 0.15) is 50.1 Å². The molecule has 13 nitrogen and oxygen atoms in total. The number of phenols is 2. The van der Waals surface area contributed by atoms with E-state index in [1.165, 1.54) is 50.2 Å². The molecule has 0 radical (unpaired) electrons. The van der Waals surface area contributed by atoms with E-state index >= 15 is 0 Å². The zero-order valence-corrected chi connectivity index (χ0v) is 24.2. The minimum atomic E-state index is -1.27. The number of hydrogen-bond acceptors (Lipinski definition) is 13. The van der Waals surface area contributed by atoms with Crippen LogP contribution in [0.4, 0.5) is 0 Å². The van der Waals surface area contributed by atoms with Crippen LogP contribution >= 0.6 is 0 Å². The van der Waals surface area contributed by atoms with Crippen molar-refractivity contribution in [2.24, 2.45) is 0 Å². The number of aliphatic hydroxyl groups excluding tert-OH is 2. The van der Waals surface area contributed by atoms with Crippen molar-refractivity contribution in [1.82, 2.24) is 0 Å². The van der Waals surface area contributed by atoms with Gasteiger partial charge in [-0.25, -0.2) is 9.59 Å². The number of ketones is 1. The quantitative estimate of drug-likeness (QED) is 0.0916. The predicted molar refractivity (Wildman–Crippen MR) is 153 cm³/mol. The second-order valence-corrected chi connectivity index (χ2v) is 9.82. The molecular formula is C31H34O13. The van der Waals surface area contributed by atoms with E-state index in [9.17, 15) is 44.4 Å². The lowest BCUT2D eigenvalue weighted by atomic mass is 9.96. The van der Waals surface area contributed by atoms with Crippen LogP contribution in [0, 0.1) is 0 Å². The van der Waals surface area contributed by atoms with Gasteiger partial charge in [0.15, 0.2) is 5.78 Å². The molecule has 0 fully saturated rings. The van der Waals surface area contributed by atoms with E-state index in [4.69, 9.17) is 18.9 Å². The minimum Gasteiger partial charge on any atom is -0.507 e.